The second kappa shape index (κ2) is 36.8. The monoisotopic (exact) mass is 1890 g/mol. The molecule has 0 N–H and O–H groups in total. The molecule has 27 rings (SSSR count). The smallest absolute Gasteiger partial charge is 0.0646 e. The molecular weight excluding hydrogens is 1800 g/mol. The summed E-state index contributed by atoms with van der Waals surface area (Å²) >= 11 is 7.30. The van der Waals surface area contributed by atoms with Crippen LogP contribution in [0.5, 0.6) is 0 Å². The van der Waals surface area contributed by atoms with Gasteiger partial charge in [0.15, 0.2) is 0 Å². The highest BCUT2D eigenvalue weighted by Crippen LogP contribution is 2.54. The Morgan fingerprint density at radius 1 is 0.141 bits per heavy atom. The van der Waals surface area contributed by atoms with E-state index >= 15 is 0 Å². The van der Waals surface area contributed by atoms with E-state index < -0.39 is 0 Å². The van der Waals surface area contributed by atoms with Gasteiger partial charge in [0.1, 0.15) is 0 Å². The summed E-state index contributed by atoms with van der Waals surface area (Å²) in [5.41, 5.74) is 20.9. The van der Waals surface area contributed by atoms with E-state index in [-0.39, 0.29) is 35.5 Å². The van der Waals surface area contributed by atoms with E-state index in [1.54, 1.807) is 11.3 Å². The van der Waals surface area contributed by atoms with Crippen molar-refractivity contribution in [2.45, 2.75) is 0 Å². The minimum Gasteiger partial charge on any atom is -0.311 e. The van der Waals surface area contributed by atoms with Crippen molar-refractivity contribution in [2.75, 3.05) is 29.4 Å². The van der Waals surface area contributed by atoms with Gasteiger partial charge in [0.25, 0.3) is 0 Å². The van der Waals surface area contributed by atoms with Gasteiger partial charge in [-0.2, -0.15) is 0 Å². The highest BCUT2D eigenvalue weighted by Gasteiger charge is 2.28. The minimum absolute atomic E-state index is 0.147. The molecule has 0 spiro atoms. The fourth-order valence-electron chi connectivity index (χ4n) is 20.6. The molecule has 670 valence electrons. The molecule has 0 fully saturated rings. The van der Waals surface area contributed by atoms with Crippen LogP contribution >= 0.6 is 45.3 Å². The standard InChI is InChI=1S/C68H45N3S2.C64H43N3S2/c1-3-22-50(23-4-1)69(51-24-5-2-6-25-51)53-27-16-28-54(43-53)70(55-36-38-60-59-31-11-12-34-65(59)72-67(60)44-55)52-26-13-21-48(41-52)49-35-40-66-62(42-49)61-39-37-56(45-68(61)73-66)71(63-32-14-19-46-17-7-9-29-57(46)63)64-33-15-20-47-18-8-10-30-58(47)64;1-6-20-44(21-7-1)65(45-22-8-2-9-23-45)49-34-36-50(37-35-49)67(48-28-14-5-15-29-48)52-40-58-54-31-18-19-33-61(54)68-64(58)59(41-52)57-43-60-55-39-38-51(42-62(55)69-63(60)56-32-17-16-30-53(56)57)66(46-24-10-3-11-25-46)47-26-12-4-13-27-47/h1-45H;1-43H/i;34D,35D,36D,37D. The second-order valence-corrected chi connectivity index (χ2v) is 39.8. The van der Waals surface area contributed by atoms with Crippen LogP contribution in [0.1, 0.15) is 5.48 Å². The van der Waals surface area contributed by atoms with Crippen LogP contribution in [-0.2, 0) is 0 Å². The first kappa shape index (κ1) is 80.6. The van der Waals surface area contributed by atoms with E-state index in [1.165, 1.54) is 87.6 Å². The lowest BCUT2D eigenvalue weighted by molar-refractivity contribution is 1.25. The molecule has 0 atom stereocenters. The Bertz CT molecular complexity index is 9450. The molecule has 0 saturated carbocycles. The molecule has 4 heterocycles. The van der Waals surface area contributed by atoms with E-state index in [0.717, 1.165) is 133 Å². The van der Waals surface area contributed by atoms with Crippen molar-refractivity contribution in [1.82, 2.24) is 0 Å². The number of hydrogen-bond donors (Lipinski definition) is 0. The number of anilines is 18. The number of benzene rings is 23. The molecule has 0 radical (unpaired) electrons. The van der Waals surface area contributed by atoms with Crippen molar-refractivity contribution in [2.24, 2.45) is 0 Å². The van der Waals surface area contributed by atoms with Crippen LogP contribution in [0.4, 0.5) is 102 Å². The van der Waals surface area contributed by atoms with Crippen LogP contribution in [0.2, 0.25) is 0 Å². The predicted molar refractivity (Wildman–Crippen MR) is 616 cm³/mol. The van der Waals surface area contributed by atoms with E-state index in [1.807, 2.05) is 135 Å². The van der Waals surface area contributed by atoms with E-state index in [4.69, 9.17) is 0 Å². The zero-order valence-corrected chi connectivity index (χ0v) is 80.1. The molecule has 142 heavy (non-hydrogen) atoms. The summed E-state index contributed by atoms with van der Waals surface area (Å²) in [5, 5.41) is 16.8. The minimum atomic E-state index is -0.150. The topological polar surface area (TPSA) is 19.4 Å². The summed E-state index contributed by atoms with van der Waals surface area (Å²) in [6, 6.07) is 180. The molecule has 0 bridgehead atoms. The highest BCUT2D eigenvalue weighted by atomic mass is 32.1. The first-order valence-corrected chi connectivity index (χ1v) is 51.0. The Morgan fingerprint density at radius 2 is 0.451 bits per heavy atom. The third kappa shape index (κ3) is 15.7. The number of thiophene rings is 4. The lowest BCUT2D eigenvalue weighted by atomic mass is 9.93. The number of rotatable bonds is 20. The number of hydrogen-bond acceptors (Lipinski definition) is 10. The van der Waals surface area contributed by atoms with Gasteiger partial charge in [0.2, 0.25) is 0 Å². The maximum absolute atomic E-state index is 9.94. The van der Waals surface area contributed by atoms with E-state index in [9.17, 15) is 5.48 Å². The van der Waals surface area contributed by atoms with Gasteiger partial charge in [-0.3, -0.25) is 0 Å². The Kier molecular flexibility index (Phi) is 20.9. The van der Waals surface area contributed by atoms with Crippen molar-refractivity contribution in [1.29, 1.82) is 0 Å². The fourth-order valence-corrected chi connectivity index (χ4v) is 25.3. The van der Waals surface area contributed by atoms with Crippen LogP contribution in [0.25, 0.3) is 135 Å². The van der Waals surface area contributed by atoms with Gasteiger partial charge in [-0.1, -0.05) is 303 Å². The van der Waals surface area contributed by atoms with Gasteiger partial charge < -0.3 is 29.4 Å². The van der Waals surface area contributed by atoms with Gasteiger partial charge in [0.05, 0.1) is 16.9 Å². The summed E-state index contributed by atoms with van der Waals surface area (Å²) in [6.07, 6.45) is 0. The Hall–Kier alpha value is -17.5. The first-order chi connectivity index (χ1) is 72.1. The maximum atomic E-state index is 9.94. The molecular formula is C132H88N6S4. The van der Waals surface area contributed by atoms with Crippen LogP contribution in [0, 0.1) is 0 Å². The molecule has 6 nitrogen and oxygen atoms in total. The van der Waals surface area contributed by atoms with Gasteiger partial charge >= 0.3 is 0 Å². The van der Waals surface area contributed by atoms with Crippen molar-refractivity contribution >= 4 is 261 Å². The molecule has 10 heteroatoms. The number of fused-ring (bicyclic) bond motifs is 16. The SMILES string of the molecule is [2H]c1c([2H])c(N(c2ccccc2)c2cc(-c3cc4c5ccc(N(c6ccccc6)c6ccccc6)cc5sc4c4ccccc34)c3sc4ccccc4c3c2)c([2H])c([2H])c1N(c1ccccc1)c1ccccc1.c1ccc(N(c2ccccc2)c2cccc(N(c3cccc(-c4ccc5sc6cc(N(c7cccc8ccccc78)c7cccc8ccccc78)ccc6c5c4)c3)c3ccc4c(c3)sc3ccccc34)c2)cc1. The largest absolute Gasteiger partial charge is 0.311 e. The molecule has 0 aliphatic rings. The summed E-state index contributed by atoms with van der Waals surface area (Å²) < 4.78 is 49.2. The summed E-state index contributed by atoms with van der Waals surface area (Å²) in [7, 11) is 0. The number of nitrogens with zero attached hydrogens (tertiary/aromatic N) is 6. The molecule has 0 unspecified atom stereocenters. The second-order valence-electron chi connectivity index (χ2n) is 35.5. The normalized spacial score (nSPS) is 11.9. The summed E-state index contributed by atoms with van der Waals surface area (Å²) in [6.45, 7) is 0. The van der Waals surface area contributed by atoms with Gasteiger partial charge in [0, 0.05) is 193 Å². The Labute approximate surface area is 845 Å². The van der Waals surface area contributed by atoms with Crippen LogP contribution in [0.15, 0.2) is 534 Å². The summed E-state index contributed by atoms with van der Waals surface area (Å²) in [4.78, 5) is 13.3. The molecule has 23 aromatic carbocycles. The van der Waals surface area contributed by atoms with E-state index in [2.05, 4.69) is 438 Å². The van der Waals surface area contributed by atoms with E-state index in [0.29, 0.717) is 5.69 Å². The molecule has 27 aromatic rings. The van der Waals surface area contributed by atoms with Gasteiger partial charge in [-0.25, -0.2) is 0 Å². The van der Waals surface area contributed by atoms with Gasteiger partial charge in [-0.05, 0) is 263 Å². The fraction of sp³-hybridized carbons (Fsp3) is 0. The number of para-hydroxylation sites is 7. The zero-order valence-electron chi connectivity index (χ0n) is 80.8. The quantitative estimate of drug-likeness (QED) is 0.0752. The Balaban J connectivity index is 0.000000148. The lowest BCUT2D eigenvalue weighted by Gasteiger charge is -2.29. The zero-order chi connectivity index (χ0) is 97.4. The average Bonchev–Trinajstić information content (AvgIpc) is 1.53. The Morgan fingerprint density at radius 3 is 0.944 bits per heavy atom. The van der Waals surface area contributed by atoms with Crippen LogP contribution in [-0.4, -0.2) is 0 Å². The predicted octanol–water partition coefficient (Wildman–Crippen LogP) is 40.5. The van der Waals surface area contributed by atoms with Crippen molar-refractivity contribution < 1.29 is 5.48 Å². The summed E-state index contributed by atoms with van der Waals surface area (Å²) in [5.74, 6) is 0. The maximum Gasteiger partial charge on any atom is 0.0646 e. The average molecular weight is 1890 g/mol. The van der Waals surface area contributed by atoms with Crippen molar-refractivity contribution in [3.63, 3.8) is 0 Å². The molecule has 0 amide bonds. The molecule has 0 aliphatic carbocycles. The van der Waals surface area contributed by atoms with Crippen molar-refractivity contribution in [3.05, 3.63) is 534 Å². The third-order valence-corrected chi connectivity index (χ3v) is 31.7. The molecule has 0 aliphatic heterocycles. The molecule has 0 saturated heterocycles. The lowest BCUT2D eigenvalue weighted by Crippen LogP contribution is -2.13. The van der Waals surface area contributed by atoms with Crippen LogP contribution < -0.4 is 29.4 Å². The van der Waals surface area contributed by atoms with Crippen molar-refractivity contribution in [3.8, 4) is 22.3 Å². The highest BCUT2D eigenvalue weighted by molar-refractivity contribution is 7.27. The molecule has 4 aromatic heterocycles. The third-order valence-electron chi connectivity index (χ3n) is 27.0. The van der Waals surface area contributed by atoms with Crippen LogP contribution in [0.3, 0.4) is 0 Å². The van der Waals surface area contributed by atoms with Gasteiger partial charge in [-0.15, -0.1) is 45.3 Å². The first-order valence-electron chi connectivity index (χ1n) is 49.7.